The van der Waals surface area contributed by atoms with Crippen molar-refractivity contribution in [1.29, 1.82) is 0 Å². The van der Waals surface area contributed by atoms with E-state index in [-0.39, 0.29) is 0 Å². The van der Waals surface area contributed by atoms with Gasteiger partial charge in [-0.2, -0.15) is 0 Å². The van der Waals surface area contributed by atoms with Crippen LogP contribution in [0.5, 0.6) is 0 Å². The summed E-state index contributed by atoms with van der Waals surface area (Å²) in [6, 6.07) is 11.0. The lowest BCUT2D eigenvalue weighted by Crippen LogP contribution is -2.21. The summed E-state index contributed by atoms with van der Waals surface area (Å²) in [5, 5.41) is 1.66. The fourth-order valence-corrected chi connectivity index (χ4v) is 3.38. The van der Waals surface area contributed by atoms with E-state index in [0.29, 0.717) is 11.3 Å². The molecule has 0 heterocycles. The molecular formula is C15H19N2O2S. The molecule has 2 rings (SSSR count). The second-order valence-electron chi connectivity index (χ2n) is 4.76. The van der Waals surface area contributed by atoms with Crippen molar-refractivity contribution in [3.05, 3.63) is 42.9 Å². The summed E-state index contributed by atoms with van der Waals surface area (Å²) in [6.07, 6.45) is 0.646. The van der Waals surface area contributed by atoms with Crippen LogP contribution in [0.4, 0.5) is 5.69 Å². The summed E-state index contributed by atoms with van der Waals surface area (Å²) in [4.78, 5) is 2.29. The van der Waals surface area contributed by atoms with Gasteiger partial charge in [0.15, 0.2) is 0 Å². The summed E-state index contributed by atoms with van der Waals surface area (Å²) in [7, 11) is 0.371. The van der Waals surface area contributed by atoms with E-state index >= 15 is 0 Å². The van der Waals surface area contributed by atoms with Gasteiger partial charge < -0.3 is 4.90 Å². The molecule has 20 heavy (non-hydrogen) atoms. The lowest BCUT2D eigenvalue weighted by molar-refractivity contribution is 0.588. The van der Waals surface area contributed by atoms with Crippen molar-refractivity contribution < 1.29 is 8.42 Å². The van der Waals surface area contributed by atoms with Gasteiger partial charge in [0.25, 0.3) is 0 Å². The fraction of sp³-hybridized carbons (Fsp3) is 0.267. The maximum atomic E-state index is 12.3. The molecule has 0 aliphatic heterocycles. The topological polar surface area (TPSA) is 49.4 Å². The molecule has 0 aliphatic rings. The van der Waals surface area contributed by atoms with Gasteiger partial charge in [-0.05, 0) is 18.6 Å². The van der Waals surface area contributed by atoms with E-state index in [1.54, 1.807) is 18.7 Å². The lowest BCUT2D eigenvalue weighted by atomic mass is 10.1. The Labute approximate surface area is 120 Å². The summed E-state index contributed by atoms with van der Waals surface area (Å²) < 4.78 is 27.2. The van der Waals surface area contributed by atoms with Gasteiger partial charge in [0, 0.05) is 37.1 Å². The molecule has 0 aliphatic carbocycles. The fourth-order valence-electron chi connectivity index (χ4n) is 2.15. The third-order valence-electron chi connectivity index (χ3n) is 3.07. The number of nitrogens with zero attached hydrogens (tertiary/aromatic N) is 1. The minimum Gasteiger partial charge on any atom is -0.377 e. The first-order valence-corrected chi connectivity index (χ1v) is 7.98. The van der Waals surface area contributed by atoms with Crippen LogP contribution in [-0.4, -0.2) is 22.5 Å². The van der Waals surface area contributed by atoms with Gasteiger partial charge >= 0.3 is 0 Å². The van der Waals surface area contributed by atoms with Crippen LogP contribution in [0, 0.1) is 6.54 Å². The van der Waals surface area contributed by atoms with Gasteiger partial charge in [0.1, 0.15) is 0 Å². The molecule has 0 aromatic heterocycles. The highest BCUT2D eigenvalue weighted by molar-refractivity contribution is 7.89. The van der Waals surface area contributed by atoms with Crippen molar-refractivity contribution >= 4 is 26.5 Å². The molecule has 0 saturated heterocycles. The van der Waals surface area contributed by atoms with Crippen LogP contribution in [0.2, 0.25) is 0 Å². The Kier molecular flexibility index (Phi) is 4.30. The van der Waals surface area contributed by atoms with Crippen LogP contribution >= 0.6 is 0 Å². The molecule has 0 unspecified atom stereocenters. The van der Waals surface area contributed by atoms with Gasteiger partial charge in [0.05, 0.1) is 4.90 Å². The van der Waals surface area contributed by atoms with Crippen molar-refractivity contribution in [2.24, 2.45) is 0 Å². The normalized spacial score (nSPS) is 11.8. The SMILES string of the molecule is CC[CH]NS(=O)(=O)c1cccc2c(N(C)C)cccc12. The molecule has 0 fully saturated rings. The molecule has 0 bridgehead atoms. The zero-order valence-corrected chi connectivity index (χ0v) is 12.7. The highest BCUT2D eigenvalue weighted by Crippen LogP contribution is 2.30. The predicted molar refractivity (Wildman–Crippen MR) is 83.2 cm³/mol. The van der Waals surface area contributed by atoms with E-state index in [2.05, 4.69) is 4.72 Å². The summed E-state index contributed by atoms with van der Waals surface area (Å²) >= 11 is 0. The molecule has 0 amide bonds. The number of anilines is 1. The number of sulfonamides is 1. The van der Waals surface area contributed by atoms with Crippen molar-refractivity contribution in [3.8, 4) is 0 Å². The number of benzene rings is 2. The molecule has 1 N–H and O–H groups in total. The minimum atomic E-state index is -3.52. The quantitative estimate of drug-likeness (QED) is 0.921. The van der Waals surface area contributed by atoms with Crippen molar-refractivity contribution in [2.45, 2.75) is 18.2 Å². The second kappa shape index (κ2) is 5.81. The maximum absolute atomic E-state index is 12.3. The zero-order chi connectivity index (χ0) is 14.8. The first-order chi connectivity index (χ1) is 9.47. The summed E-state index contributed by atoms with van der Waals surface area (Å²) in [5.41, 5.74) is 0.999. The van der Waals surface area contributed by atoms with Gasteiger partial charge in [-0.3, -0.25) is 0 Å². The highest BCUT2D eigenvalue weighted by Gasteiger charge is 2.17. The van der Waals surface area contributed by atoms with Gasteiger partial charge in [-0.15, -0.1) is 0 Å². The van der Waals surface area contributed by atoms with Crippen LogP contribution in [0.25, 0.3) is 10.8 Å². The first kappa shape index (κ1) is 14.8. The molecule has 0 spiro atoms. The van der Waals surface area contributed by atoms with E-state index in [9.17, 15) is 8.42 Å². The van der Waals surface area contributed by atoms with E-state index in [0.717, 1.165) is 16.5 Å². The van der Waals surface area contributed by atoms with Gasteiger partial charge in [0.2, 0.25) is 10.0 Å². The number of hydrogen-bond donors (Lipinski definition) is 1. The third-order valence-corrected chi connectivity index (χ3v) is 4.48. The zero-order valence-electron chi connectivity index (χ0n) is 11.9. The van der Waals surface area contributed by atoms with E-state index in [1.165, 1.54) is 0 Å². The van der Waals surface area contributed by atoms with Crippen LogP contribution in [-0.2, 0) is 10.0 Å². The van der Waals surface area contributed by atoms with Crippen molar-refractivity contribution in [3.63, 3.8) is 0 Å². The third kappa shape index (κ3) is 2.78. The van der Waals surface area contributed by atoms with Crippen LogP contribution in [0.15, 0.2) is 41.3 Å². The Hall–Kier alpha value is -1.59. The number of fused-ring (bicyclic) bond motifs is 1. The number of nitrogens with one attached hydrogen (secondary N) is 1. The summed E-state index contributed by atoms with van der Waals surface area (Å²) in [5.74, 6) is 0. The molecule has 2 aromatic rings. The smallest absolute Gasteiger partial charge is 0.241 e. The van der Waals surface area contributed by atoms with Crippen LogP contribution in [0.1, 0.15) is 13.3 Å². The minimum absolute atomic E-state index is 0.309. The molecule has 1 radical (unpaired) electrons. The van der Waals surface area contributed by atoms with Crippen LogP contribution in [0.3, 0.4) is 0 Å². The Balaban J connectivity index is 2.64. The summed E-state index contributed by atoms with van der Waals surface area (Å²) in [6.45, 7) is 3.43. The first-order valence-electron chi connectivity index (χ1n) is 6.50. The lowest BCUT2D eigenvalue weighted by Gasteiger charge is -2.17. The van der Waals surface area contributed by atoms with Crippen molar-refractivity contribution in [1.82, 2.24) is 4.72 Å². The van der Waals surface area contributed by atoms with E-state index in [1.807, 2.05) is 50.2 Å². The Morgan fingerprint density at radius 3 is 2.40 bits per heavy atom. The largest absolute Gasteiger partial charge is 0.377 e. The molecule has 2 aromatic carbocycles. The molecule has 0 saturated carbocycles. The molecule has 5 heteroatoms. The molecular weight excluding hydrogens is 272 g/mol. The molecule has 107 valence electrons. The molecule has 0 atom stereocenters. The predicted octanol–water partition coefficient (Wildman–Crippen LogP) is 2.76. The Morgan fingerprint density at radius 2 is 1.75 bits per heavy atom. The van der Waals surface area contributed by atoms with Gasteiger partial charge in [-0.1, -0.05) is 31.2 Å². The maximum Gasteiger partial charge on any atom is 0.241 e. The Bertz CT molecular complexity index is 709. The number of rotatable bonds is 5. The standard InChI is InChI=1S/C15H19N2O2S/c1-4-11-16-20(18,19)15-10-6-7-12-13(15)8-5-9-14(12)17(2)3/h5-11,16H,4H2,1-3H3. The monoisotopic (exact) mass is 291 g/mol. The highest BCUT2D eigenvalue weighted by atomic mass is 32.2. The van der Waals surface area contributed by atoms with Gasteiger partial charge in [-0.25, -0.2) is 13.1 Å². The van der Waals surface area contributed by atoms with Crippen LogP contribution < -0.4 is 9.62 Å². The van der Waals surface area contributed by atoms with Crippen molar-refractivity contribution in [2.75, 3.05) is 19.0 Å². The second-order valence-corrected chi connectivity index (χ2v) is 6.44. The number of hydrogen-bond acceptors (Lipinski definition) is 3. The average Bonchev–Trinajstić information content (AvgIpc) is 2.43. The Morgan fingerprint density at radius 1 is 1.10 bits per heavy atom. The average molecular weight is 291 g/mol. The van der Waals surface area contributed by atoms with E-state index < -0.39 is 10.0 Å². The molecule has 4 nitrogen and oxygen atoms in total. The van der Waals surface area contributed by atoms with E-state index in [4.69, 9.17) is 0 Å².